The van der Waals surface area contributed by atoms with E-state index < -0.39 is 16.7 Å². The summed E-state index contributed by atoms with van der Waals surface area (Å²) in [4.78, 5) is 37.8. The summed E-state index contributed by atoms with van der Waals surface area (Å²) < 4.78 is 1.69. The third-order valence-corrected chi connectivity index (χ3v) is 5.94. The van der Waals surface area contributed by atoms with E-state index in [9.17, 15) is 19.7 Å². The molecule has 8 nitrogen and oxygen atoms in total. The van der Waals surface area contributed by atoms with Crippen molar-refractivity contribution in [2.75, 3.05) is 6.54 Å². The smallest absolute Gasteiger partial charge is 0.271 e. The van der Waals surface area contributed by atoms with Gasteiger partial charge in [-0.25, -0.2) is 0 Å². The number of nitrogens with zero attached hydrogens (tertiary/aromatic N) is 3. The van der Waals surface area contributed by atoms with Crippen LogP contribution in [0.1, 0.15) is 37.8 Å². The number of amides is 2. The van der Waals surface area contributed by atoms with Crippen molar-refractivity contribution in [1.82, 2.24) is 14.8 Å². The molecule has 4 rings (SSSR count). The van der Waals surface area contributed by atoms with Gasteiger partial charge in [0.1, 0.15) is 5.57 Å². The molecule has 1 fully saturated rings. The van der Waals surface area contributed by atoms with Crippen LogP contribution in [0.4, 0.5) is 5.69 Å². The zero-order valence-corrected chi connectivity index (χ0v) is 18.1. The number of hydrogen-bond donors (Lipinski definition) is 1. The second kappa shape index (κ2) is 9.27. The molecule has 164 valence electrons. The molecule has 0 spiro atoms. The molecule has 0 bridgehead atoms. The predicted octanol–water partition coefficient (Wildman–Crippen LogP) is 3.90. The Labute approximate surface area is 190 Å². The number of benzene rings is 1. The van der Waals surface area contributed by atoms with E-state index in [1.54, 1.807) is 35.0 Å². The van der Waals surface area contributed by atoms with Gasteiger partial charge in [-0.3, -0.25) is 29.9 Å². The summed E-state index contributed by atoms with van der Waals surface area (Å²) in [6, 6.07) is 9.62. The fourth-order valence-electron chi connectivity index (χ4n) is 3.94. The van der Waals surface area contributed by atoms with Crippen molar-refractivity contribution < 1.29 is 14.5 Å². The molecule has 0 radical (unpaired) electrons. The molecule has 1 N–H and O–H groups in total. The lowest BCUT2D eigenvalue weighted by Crippen LogP contribution is -2.54. The van der Waals surface area contributed by atoms with Crippen molar-refractivity contribution in [3.05, 3.63) is 75.6 Å². The molecule has 0 saturated carbocycles. The summed E-state index contributed by atoms with van der Waals surface area (Å²) >= 11 is 5.25. The van der Waals surface area contributed by atoms with Gasteiger partial charge in [0.25, 0.3) is 17.5 Å². The summed E-state index contributed by atoms with van der Waals surface area (Å²) in [6.45, 7) is 0.410. The van der Waals surface area contributed by atoms with E-state index in [1.807, 2.05) is 0 Å². The predicted molar refractivity (Wildman–Crippen MR) is 124 cm³/mol. The Bertz CT molecular complexity index is 1160. The molecule has 1 aromatic heterocycles. The quantitative estimate of drug-likeness (QED) is 0.180. The van der Waals surface area contributed by atoms with Crippen LogP contribution in [0.5, 0.6) is 0 Å². The number of thiocarbonyl (C=S) groups is 1. The fourth-order valence-corrected chi connectivity index (χ4v) is 4.20. The van der Waals surface area contributed by atoms with Crippen molar-refractivity contribution in [3.63, 3.8) is 0 Å². The Hall–Kier alpha value is -3.59. The maximum absolute atomic E-state index is 13.1. The third kappa shape index (κ3) is 4.52. The Kier molecular flexibility index (Phi) is 6.27. The summed E-state index contributed by atoms with van der Waals surface area (Å²) in [7, 11) is 0. The van der Waals surface area contributed by atoms with Crippen LogP contribution in [-0.4, -0.2) is 37.9 Å². The SMILES string of the molecule is O=C1NC(=S)N(CCC2=CCCCC2)C(=O)/C1=C/c1cccn1-c1cccc([N+](=O)[O-])c1. The fraction of sp³-hybridized carbons (Fsp3) is 0.261. The van der Waals surface area contributed by atoms with Crippen LogP contribution in [0.25, 0.3) is 11.8 Å². The zero-order chi connectivity index (χ0) is 22.7. The normalized spacial score (nSPS) is 18.0. The van der Waals surface area contributed by atoms with Gasteiger partial charge in [-0.2, -0.15) is 0 Å². The van der Waals surface area contributed by atoms with Crippen LogP contribution in [0.3, 0.4) is 0 Å². The number of carbonyl (C=O) groups is 2. The first-order valence-electron chi connectivity index (χ1n) is 10.4. The highest BCUT2D eigenvalue weighted by atomic mass is 32.1. The van der Waals surface area contributed by atoms with E-state index in [4.69, 9.17) is 12.2 Å². The second-order valence-corrected chi connectivity index (χ2v) is 8.10. The number of hydrogen-bond acceptors (Lipinski definition) is 5. The van der Waals surface area contributed by atoms with Gasteiger partial charge in [-0.1, -0.05) is 17.7 Å². The van der Waals surface area contributed by atoms with Crippen LogP contribution >= 0.6 is 12.2 Å². The van der Waals surface area contributed by atoms with E-state index in [0.717, 1.165) is 25.7 Å². The number of nitrogens with one attached hydrogen (secondary N) is 1. The number of non-ortho nitro benzene ring substituents is 1. The van der Waals surface area contributed by atoms with Crippen LogP contribution in [-0.2, 0) is 9.59 Å². The molecule has 0 atom stereocenters. The maximum atomic E-state index is 13.1. The molecule has 1 aliphatic heterocycles. The molecular weight excluding hydrogens is 428 g/mol. The molecule has 2 aromatic rings. The van der Waals surface area contributed by atoms with E-state index in [-0.39, 0.29) is 16.4 Å². The number of allylic oxidation sites excluding steroid dienone is 1. The Morgan fingerprint density at radius 3 is 2.78 bits per heavy atom. The number of rotatable bonds is 6. The van der Waals surface area contributed by atoms with Crippen LogP contribution in [0, 0.1) is 10.1 Å². The van der Waals surface area contributed by atoms with Crippen molar-refractivity contribution in [1.29, 1.82) is 0 Å². The topological polar surface area (TPSA) is 97.5 Å². The molecule has 2 amide bonds. The lowest BCUT2D eigenvalue weighted by atomic mass is 9.97. The second-order valence-electron chi connectivity index (χ2n) is 7.71. The molecule has 9 heteroatoms. The van der Waals surface area contributed by atoms with E-state index >= 15 is 0 Å². The Morgan fingerprint density at radius 1 is 1.19 bits per heavy atom. The van der Waals surface area contributed by atoms with Gasteiger partial charge in [0.05, 0.1) is 10.6 Å². The van der Waals surface area contributed by atoms with Crippen molar-refractivity contribution in [2.45, 2.75) is 32.1 Å². The summed E-state index contributed by atoms with van der Waals surface area (Å²) in [5.41, 5.74) is 2.34. The number of nitro groups is 1. The summed E-state index contributed by atoms with van der Waals surface area (Å²) in [5, 5.41) is 13.8. The summed E-state index contributed by atoms with van der Waals surface area (Å²) in [6.07, 6.45) is 10.6. The number of nitro benzene ring substituents is 1. The van der Waals surface area contributed by atoms with Gasteiger partial charge in [0, 0.05) is 30.6 Å². The highest BCUT2D eigenvalue weighted by Gasteiger charge is 2.33. The highest BCUT2D eigenvalue weighted by molar-refractivity contribution is 7.80. The van der Waals surface area contributed by atoms with Crippen molar-refractivity contribution in [3.8, 4) is 5.69 Å². The molecule has 1 aromatic carbocycles. The standard InChI is InChI=1S/C23H22N4O4S/c28-21-20(22(29)26(23(32)24-21)13-11-16-6-2-1-3-7-16)15-18-10-5-12-25(18)17-8-4-9-19(14-17)27(30)31/h4-6,8-10,12,14-15H,1-3,7,11,13H2,(H,24,28,32)/b20-15+. The lowest BCUT2D eigenvalue weighted by Gasteiger charge is -2.29. The molecular formula is C23H22N4O4S. The van der Waals surface area contributed by atoms with Gasteiger partial charge in [-0.15, -0.1) is 0 Å². The van der Waals surface area contributed by atoms with Gasteiger partial charge >= 0.3 is 0 Å². The minimum Gasteiger partial charge on any atom is -0.317 e. The van der Waals surface area contributed by atoms with Crippen molar-refractivity contribution in [2.24, 2.45) is 0 Å². The number of aromatic nitrogens is 1. The van der Waals surface area contributed by atoms with Gasteiger partial charge in [0.2, 0.25) is 0 Å². The van der Waals surface area contributed by atoms with Crippen LogP contribution in [0.2, 0.25) is 0 Å². The highest BCUT2D eigenvalue weighted by Crippen LogP contribution is 2.23. The van der Waals surface area contributed by atoms with E-state index in [2.05, 4.69) is 11.4 Å². The Balaban J connectivity index is 1.60. The molecule has 32 heavy (non-hydrogen) atoms. The largest absolute Gasteiger partial charge is 0.317 e. The minimum absolute atomic E-state index is 0.0263. The monoisotopic (exact) mass is 450 g/mol. The van der Waals surface area contributed by atoms with E-state index in [1.165, 1.54) is 35.1 Å². The minimum atomic E-state index is -0.556. The first-order chi connectivity index (χ1) is 15.4. The van der Waals surface area contributed by atoms with E-state index in [0.29, 0.717) is 17.9 Å². The maximum Gasteiger partial charge on any atom is 0.271 e. The molecule has 1 aliphatic carbocycles. The van der Waals surface area contributed by atoms with Gasteiger partial charge in [-0.05, 0) is 68.6 Å². The van der Waals surface area contributed by atoms with Crippen molar-refractivity contribution >= 4 is 40.9 Å². The van der Waals surface area contributed by atoms with Gasteiger partial charge < -0.3 is 4.57 Å². The molecule has 2 aliphatic rings. The first kappa shape index (κ1) is 21.6. The summed E-state index contributed by atoms with van der Waals surface area (Å²) in [5.74, 6) is -0.998. The average molecular weight is 451 g/mol. The Morgan fingerprint density at radius 2 is 2.03 bits per heavy atom. The number of carbonyl (C=O) groups excluding carboxylic acids is 2. The van der Waals surface area contributed by atoms with Crippen LogP contribution in [0.15, 0.2) is 59.8 Å². The first-order valence-corrected chi connectivity index (χ1v) is 10.8. The average Bonchev–Trinajstić information content (AvgIpc) is 3.25. The molecule has 0 unspecified atom stereocenters. The zero-order valence-electron chi connectivity index (χ0n) is 17.3. The van der Waals surface area contributed by atoms with Gasteiger partial charge in [0.15, 0.2) is 5.11 Å². The van der Waals surface area contributed by atoms with Crippen LogP contribution < -0.4 is 5.32 Å². The molecule has 1 saturated heterocycles. The molecule has 2 heterocycles. The lowest BCUT2D eigenvalue weighted by molar-refractivity contribution is -0.384. The third-order valence-electron chi connectivity index (χ3n) is 5.62.